The summed E-state index contributed by atoms with van der Waals surface area (Å²) in [6.07, 6.45) is 1.54. The molecule has 13 heavy (non-hydrogen) atoms. The highest BCUT2D eigenvalue weighted by Crippen LogP contribution is 2.45. The number of fused-ring (bicyclic) bond motifs is 1. The monoisotopic (exact) mass is 186 g/mol. The van der Waals surface area contributed by atoms with E-state index in [9.17, 15) is 0 Å². The summed E-state index contributed by atoms with van der Waals surface area (Å²) in [6.45, 7) is 3.05. The van der Waals surface area contributed by atoms with Crippen molar-refractivity contribution in [2.75, 3.05) is 20.8 Å². The van der Waals surface area contributed by atoms with E-state index in [-0.39, 0.29) is 6.29 Å². The molecule has 76 valence electrons. The SMILES string of the molecule is COC1OCC2C1CC(C)C2OC. The summed E-state index contributed by atoms with van der Waals surface area (Å²) in [5.74, 6) is 1.73. The predicted molar refractivity (Wildman–Crippen MR) is 48.3 cm³/mol. The molecule has 0 aromatic heterocycles. The lowest BCUT2D eigenvalue weighted by Gasteiger charge is -2.18. The molecule has 0 aromatic rings. The number of ether oxygens (including phenoxy) is 3. The molecular weight excluding hydrogens is 168 g/mol. The smallest absolute Gasteiger partial charge is 0.160 e. The zero-order valence-electron chi connectivity index (χ0n) is 8.53. The Morgan fingerprint density at radius 1 is 1.15 bits per heavy atom. The van der Waals surface area contributed by atoms with Gasteiger partial charge >= 0.3 is 0 Å². The minimum absolute atomic E-state index is 0.00704. The molecule has 5 atom stereocenters. The van der Waals surface area contributed by atoms with Crippen LogP contribution in [0.25, 0.3) is 0 Å². The van der Waals surface area contributed by atoms with E-state index in [0.29, 0.717) is 23.9 Å². The minimum Gasteiger partial charge on any atom is -0.381 e. The molecule has 0 aromatic carbocycles. The molecule has 3 heteroatoms. The van der Waals surface area contributed by atoms with Crippen LogP contribution < -0.4 is 0 Å². The molecule has 2 aliphatic rings. The average Bonchev–Trinajstić information content (AvgIpc) is 2.62. The van der Waals surface area contributed by atoms with E-state index in [1.54, 1.807) is 14.2 Å². The summed E-state index contributed by atoms with van der Waals surface area (Å²) in [7, 11) is 3.52. The molecule has 0 radical (unpaired) electrons. The Morgan fingerprint density at radius 2 is 1.92 bits per heavy atom. The number of hydrogen-bond donors (Lipinski definition) is 0. The third kappa shape index (κ3) is 1.39. The molecule has 1 aliphatic heterocycles. The van der Waals surface area contributed by atoms with E-state index >= 15 is 0 Å². The molecule has 2 rings (SSSR count). The first-order valence-corrected chi connectivity index (χ1v) is 4.95. The third-order valence-electron chi connectivity index (χ3n) is 3.48. The molecule has 0 N–H and O–H groups in total. The van der Waals surface area contributed by atoms with E-state index in [1.165, 1.54) is 6.42 Å². The highest BCUT2D eigenvalue weighted by Gasteiger charge is 2.49. The van der Waals surface area contributed by atoms with Crippen LogP contribution in [-0.2, 0) is 14.2 Å². The molecular formula is C10H18O3. The molecule has 2 fully saturated rings. The molecule has 5 unspecified atom stereocenters. The lowest BCUT2D eigenvalue weighted by Crippen LogP contribution is -2.24. The van der Waals surface area contributed by atoms with Crippen molar-refractivity contribution in [3.8, 4) is 0 Å². The Kier molecular flexibility index (Phi) is 2.58. The lowest BCUT2D eigenvalue weighted by molar-refractivity contribution is -0.112. The highest BCUT2D eigenvalue weighted by atomic mass is 16.7. The van der Waals surface area contributed by atoms with Gasteiger partial charge in [-0.3, -0.25) is 0 Å². The van der Waals surface area contributed by atoms with Crippen molar-refractivity contribution in [2.24, 2.45) is 17.8 Å². The predicted octanol–water partition coefficient (Wildman–Crippen LogP) is 1.28. The van der Waals surface area contributed by atoms with Crippen LogP contribution in [0.1, 0.15) is 13.3 Å². The molecule has 1 heterocycles. The van der Waals surface area contributed by atoms with Gasteiger partial charge in [-0.2, -0.15) is 0 Å². The lowest BCUT2D eigenvalue weighted by atomic mass is 9.98. The Morgan fingerprint density at radius 3 is 2.54 bits per heavy atom. The summed E-state index contributed by atoms with van der Waals surface area (Å²) in [6, 6.07) is 0. The summed E-state index contributed by atoms with van der Waals surface area (Å²) in [5.41, 5.74) is 0. The standard InChI is InChI=1S/C10H18O3/c1-6-4-7-8(9(6)11-2)5-13-10(7)12-3/h6-10H,4-5H2,1-3H3. The second kappa shape index (κ2) is 3.56. The van der Waals surface area contributed by atoms with Crippen LogP contribution in [-0.4, -0.2) is 33.2 Å². The fraction of sp³-hybridized carbons (Fsp3) is 1.00. The van der Waals surface area contributed by atoms with Gasteiger partial charge in [0.2, 0.25) is 0 Å². The van der Waals surface area contributed by atoms with Gasteiger partial charge in [-0.15, -0.1) is 0 Å². The summed E-state index contributed by atoms with van der Waals surface area (Å²) >= 11 is 0. The Hall–Kier alpha value is -0.120. The van der Waals surface area contributed by atoms with Crippen molar-refractivity contribution in [1.29, 1.82) is 0 Å². The zero-order chi connectivity index (χ0) is 9.42. The summed E-state index contributed by atoms with van der Waals surface area (Å²) < 4.78 is 16.3. The van der Waals surface area contributed by atoms with Gasteiger partial charge in [0.1, 0.15) is 0 Å². The van der Waals surface area contributed by atoms with Crippen molar-refractivity contribution in [3.05, 3.63) is 0 Å². The van der Waals surface area contributed by atoms with Crippen LogP contribution in [0, 0.1) is 17.8 Å². The van der Waals surface area contributed by atoms with Crippen LogP contribution in [0.2, 0.25) is 0 Å². The maximum Gasteiger partial charge on any atom is 0.160 e. The van der Waals surface area contributed by atoms with Crippen LogP contribution in [0.4, 0.5) is 0 Å². The van der Waals surface area contributed by atoms with Crippen molar-refractivity contribution in [3.63, 3.8) is 0 Å². The van der Waals surface area contributed by atoms with Gasteiger partial charge < -0.3 is 14.2 Å². The Labute approximate surface area is 79.4 Å². The van der Waals surface area contributed by atoms with Crippen LogP contribution in [0.3, 0.4) is 0 Å². The second-order valence-electron chi connectivity index (χ2n) is 4.18. The molecule has 1 aliphatic carbocycles. The first-order chi connectivity index (χ1) is 6.27. The van der Waals surface area contributed by atoms with E-state index < -0.39 is 0 Å². The van der Waals surface area contributed by atoms with Crippen molar-refractivity contribution >= 4 is 0 Å². The molecule has 1 saturated carbocycles. The van der Waals surface area contributed by atoms with Crippen molar-refractivity contribution < 1.29 is 14.2 Å². The molecule has 0 spiro atoms. The highest BCUT2D eigenvalue weighted by molar-refractivity contribution is 4.94. The molecule has 1 saturated heterocycles. The summed E-state index contributed by atoms with van der Waals surface area (Å²) in [5, 5.41) is 0. The van der Waals surface area contributed by atoms with Gasteiger partial charge in [0, 0.05) is 26.1 Å². The van der Waals surface area contributed by atoms with Crippen molar-refractivity contribution in [2.45, 2.75) is 25.7 Å². The quantitative estimate of drug-likeness (QED) is 0.650. The fourth-order valence-electron chi connectivity index (χ4n) is 2.91. The van der Waals surface area contributed by atoms with E-state index in [0.717, 1.165) is 6.61 Å². The van der Waals surface area contributed by atoms with Gasteiger partial charge in [-0.1, -0.05) is 6.92 Å². The molecule has 0 bridgehead atoms. The van der Waals surface area contributed by atoms with E-state index in [4.69, 9.17) is 14.2 Å². The Balaban J connectivity index is 2.07. The van der Waals surface area contributed by atoms with Crippen LogP contribution in [0.15, 0.2) is 0 Å². The first kappa shape index (κ1) is 9.44. The topological polar surface area (TPSA) is 27.7 Å². The zero-order valence-corrected chi connectivity index (χ0v) is 8.53. The van der Waals surface area contributed by atoms with Gasteiger partial charge in [-0.05, 0) is 12.3 Å². The van der Waals surface area contributed by atoms with Gasteiger partial charge in [0.05, 0.1) is 12.7 Å². The van der Waals surface area contributed by atoms with Gasteiger partial charge in [-0.25, -0.2) is 0 Å². The van der Waals surface area contributed by atoms with Crippen LogP contribution in [0.5, 0.6) is 0 Å². The fourth-order valence-corrected chi connectivity index (χ4v) is 2.91. The average molecular weight is 186 g/mol. The number of methoxy groups -OCH3 is 2. The summed E-state index contributed by atoms with van der Waals surface area (Å²) in [4.78, 5) is 0. The van der Waals surface area contributed by atoms with E-state index in [1.807, 2.05) is 0 Å². The minimum atomic E-state index is 0.00704. The Bertz CT molecular complexity index is 183. The maximum atomic E-state index is 5.55. The second-order valence-corrected chi connectivity index (χ2v) is 4.18. The molecule has 0 amide bonds. The van der Waals surface area contributed by atoms with Crippen molar-refractivity contribution in [1.82, 2.24) is 0 Å². The molecule has 3 nitrogen and oxygen atoms in total. The third-order valence-corrected chi connectivity index (χ3v) is 3.48. The van der Waals surface area contributed by atoms with Gasteiger partial charge in [0.15, 0.2) is 6.29 Å². The number of hydrogen-bond acceptors (Lipinski definition) is 3. The maximum absolute atomic E-state index is 5.55. The van der Waals surface area contributed by atoms with Crippen LogP contribution >= 0.6 is 0 Å². The largest absolute Gasteiger partial charge is 0.381 e. The number of rotatable bonds is 2. The normalized spacial score (nSPS) is 49.6. The van der Waals surface area contributed by atoms with Gasteiger partial charge in [0.25, 0.3) is 0 Å². The van der Waals surface area contributed by atoms with E-state index in [2.05, 4.69) is 6.92 Å². The first-order valence-electron chi connectivity index (χ1n) is 4.95.